The van der Waals surface area contributed by atoms with Gasteiger partial charge in [-0.3, -0.25) is 14.5 Å². The van der Waals surface area contributed by atoms with Gasteiger partial charge >= 0.3 is 6.03 Å². The number of anilines is 1. The molecule has 4 rings (SSSR count). The van der Waals surface area contributed by atoms with Crippen LogP contribution in [-0.2, 0) is 21.7 Å². The van der Waals surface area contributed by atoms with E-state index in [1.54, 1.807) is 24.3 Å². The van der Waals surface area contributed by atoms with Crippen molar-refractivity contribution in [2.45, 2.75) is 38.3 Å². The molecule has 1 aliphatic heterocycles. The van der Waals surface area contributed by atoms with E-state index < -0.39 is 23.4 Å². The summed E-state index contributed by atoms with van der Waals surface area (Å²) in [6.45, 7) is 2.11. The van der Waals surface area contributed by atoms with Crippen molar-refractivity contribution in [3.63, 3.8) is 0 Å². The van der Waals surface area contributed by atoms with Crippen LogP contribution in [0.1, 0.15) is 37.3 Å². The summed E-state index contributed by atoms with van der Waals surface area (Å²) in [5, 5.41) is 5.62. The Bertz CT molecular complexity index is 1170. The number of hydrogen-bond acceptors (Lipinski definition) is 4. The van der Waals surface area contributed by atoms with Crippen LogP contribution in [0, 0.1) is 0 Å². The first-order chi connectivity index (χ1) is 17.0. The fourth-order valence-corrected chi connectivity index (χ4v) is 4.16. The Balaban J connectivity index is 1.38. The van der Waals surface area contributed by atoms with Crippen molar-refractivity contribution in [2.24, 2.45) is 0 Å². The van der Waals surface area contributed by atoms with Crippen molar-refractivity contribution in [1.82, 2.24) is 10.2 Å². The molecule has 4 amide bonds. The summed E-state index contributed by atoms with van der Waals surface area (Å²) >= 11 is 0. The Morgan fingerprint density at radius 3 is 2.26 bits per heavy atom. The van der Waals surface area contributed by atoms with Gasteiger partial charge in [0.1, 0.15) is 24.4 Å². The summed E-state index contributed by atoms with van der Waals surface area (Å²) in [5.41, 5.74) is 1.19. The van der Waals surface area contributed by atoms with E-state index >= 15 is 0 Å². The van der Waals surface area contributed by atoms with Crippen LogP contribution >= 0.6 is 0 Å². The van der Waals surface area contributed by atoms with E-state index in [2.05, 4.69) is 10.6 Å². The lowest BCUT2D eigenvalue weighted by Crippen LogP contribution is -2.44. The highest BCUT2D eigenvalue weighted by Gasteiger charge is 2.52. The van der Waals surface area contributed by atoms with Gasteiger partial charge < -0.3 is 15.4 Å². The molecule has 35 heavy (non-hydrogen) atoms. The second-order valence-corrected chi connectivity index (χ2v) is 8.54. The highest BCUT2D eigenvalue weighted by Crippen LogP contribution is 2.34. The maximum Gasteiger partial charge on any atom is 0.325 e. The van der Waals surface area contributed by atoms with Gasteiger partial charge in [0.25, 0.3) is 5.91 Å². The van der Waals surface area contributed by atoms with Gasteiger partial charge in [0, 0.05) is 5.69 Å². The molecule has 7 nitrogen and oxygen atoms in total. The smallest absolute Gasteiger partial charge is 0.325 e. The number of carbonyl (C=O) groups excluding carboxylic acids is 3. The Labute approximate surface area is 205 Å². The Morgan fingerprint density at radius 2 is 1.60 bits per heavy atom. The molecule has 0 radical (unpaired) electrons. The molecule has 1 saturated heterocycles. The van der Waals surface area contributed by atoms with Gasteiger partial charge in [-0.1, -0.05) is 80.4 Å². The SMILES string of the molecule is CCCCC1(c2ccccc2)NC(=O)N(CC(=O)Nc2ccc(OCc3ccccc3)cc2)C1=O. The monoisotopic (exact) mass is 471 g/mol. The van der Waals surface area contributed by atoms with Gasteiger partial charge in [-0.25, -0.2) is 4.79 Å². The number of benzene rings is 3. The van der Waals surface area contributed by atoms with E-state index in [0.717, 1.165) is 28.9 Å². The molecule has 0 saturated carbocycles. The van der Waals surface area contributed by atoms with Gasteiger partial charge in [0.2, 0.25) is 5.91 Å². The van der Waals surface area contributed by atoms with Gasteiger partial charge in [0.15, 0.2) is 0 Å². The molecule has 1 unspecified atom stereocenters. The second-order valence-electron chi connectivity index (χ2n) is 8.54. The summed E-state index contributed by atoms with van der Waals surface area (Å²) in [7, 11) is 0. The van der Waals surface area contributed by atoms with E-state index in [4.69, 9.17) is 4.74 Å². The topological polar surface area (TPSA) is 87.7 Å². The lowest BCUT2D eigenvalue weighted by molar-refractivity contribution is -0.134. The molecule has 3 aromatic carbocycles. The number of nitrogens with one attached hydrogen (secondary N) is 2. The predicted octanol–water partition coefficient (Wildman–Crippen LogP) is 4.84. The quantitative estimate of drug-likeness (QED) is 0.414. The van der Waals surface area contributed by atoms with E-state index in [1.165, 1.54) is 0 Å². The molecule has 1 fully saturated rings. The second kappa shape index (κ2) is 10.9. The summed E-state index contributed by atoms with van der Waals surface area (Å²) in [6, 6.07) is 25.4. The van der Waals surface area contributed by atoms with Crippen LogP contribution in [0.2, 0.25) is 0 Å². The molecular formula is C28H29N3O4. The number of imide groups is 1. The van der Waals surface area contributed by atoms with Crippen LogP contribution in [0.3, 0.4) is 0 Å². The highest BCUT2D eigenvalue weighted by molar-refractivity contribution is 6.10. The van der Waals surface area contributed by atoms with Crippen molar-refractivity contribution in [2.75, 3.05) is 11.9 Å². The number of hydrogen-bond donors (Lipinski definition) is 2. The maximum atomic E-state index is 13.4. The Morgan fingerprint density at radius 1 is 0.943 bits per heavy atom. The third kappa shape index (κ3) is 5.51. The lowest BCUT2D eigenvalue weighted by atomic mass is 9.85. The molecule has 0 spiro atoms. The molecule has 1 atom stereocenters. The summed E-state index contributed by atoms with van der Waals surface area (Å²) in [6.07, 6.45) is 2.11. The number of rotatable bonds is 10. The third-order valence-electron chi connectivity index (χ3n) is 6.04. The van der Waals surface area contributed by atoms with Crippen molar-refractivity contribution < 1.29 is 19.1 Å². The van der Waals surface area contributed by atoms with E-state index in [1.807, 2.05) is 67.6 Å². The third-order valence-corrected chi connectivity index (χ3v) is 6.04. The number of ether oxygens (including phenoxy) is 1. The Hall–Kier alpha value is -4.13. The van der Waals surface area contributed by atoms with Gasteiger partial charge in [-0.2, -0.15) is 0 Å². The zero-order chi connectivity index (χ0) is 24.7. The minimum absolute atomic E-state index is 0.363. The molecule has 1 heterocycles. The molecule has 0 aromatic heterocycles. The molecule has 2 N–H and O–H groups in total. The maximum absolute atomic E-state index is 13.4. The number of amides is 4. The predicted molar refractivity (Wildman–Crippen MR) is 134 cm³/mol. The zero-order valence-corrected chi connectivity index (χ0v) is 19.7. The normalized spacial score (nSPS) is 17.2. The zero-order valence-electron chi connectivity index (χ0n) is 19.7. The van der Waals surface area contributed by atoms with Crippen LogP contribution in [0.15, 0.2) is 84.9 Å². The van der Waals surface area contributed by atoms with Crippen molar-refractivity contribution in [3.8, 4) is 5.75 Å². The van der Waals surface area contributed by atoms with Crippen LogP contribution in [0.4, 0.5) is 10.5 Å². The van der Waals surface area contributed by atoms with E-state index in [-0.39, 0.29) is 6.54 Å². The molecule has 0 aliphatic carbocycles. The van der Waals surface area contributed by atoms with Gasteiger partial charge in [-0.15, -0.1) is 0 Å². The van der Waals surface area contributed by atoms with Crippen molar-refractivity contribution >= 4 is 23.5 Å². The minimum Gasteiger partial charge on any atom is -0.489 e. The summed E-state index contributed by atoms with van der Waals surface area (Å²) in [5.74, 6) is -0.183. The molecule has 1 aliphatic rings. The number of unbranched alkanes of at least 4 members (excludes halogenated alkanes) is 1. The average molecular weight is 472 g/mol. The Kier molecular flexibility index (Phi) is 7.45. The fourth-order valence-electron chi connectivity index (χ4n) is 4.16. The number of carbonyl (C=O) groups is 3. The van der Waals surface area contributed by atoms with Crippen LogP contribution in [0.5, 0.6) is 5.75 Å². The van der Waals surface area contributed by atoms with Crippen LogP contribution in [0.25, 0.3) is 0 Å². The molecular weight excluding hydrogens is 442 g/mol. The molecule has 7 heteroatoms. The van der Waals surface area contributed by atoms with Gasteiger partial charge in [0.05, 0.1) is 0 Å². The van der Waals surface area contributed by atoms with Crippen LogP contribution in [-0.4, -0.2) is 29.3 Å². The number of urea groups is 1. The van der Waals surface area contributed by atoms with E-state index in [0.29, 0.717) is 24.5 Å². The average Bonchev–Trinajstić information content (AvgIpc) is 3.13. The van der Waals surface area contributed by atoms with Gasteiger partial charge in [-0.05, 0) is 41.8 Å². The largest absolute Gasteiger partial charge is 0.489 e. The number of nitrogens with zero attached hydrogens (tertiary/aromatic N) is 1. The highest BCUT2D eigenvalue weighted by atomic mass is 16.5. The first-order valence-corrected chi connectivity index (χ1v) is 11.8. The fraction of sp³-hybridized carbons (Fsp3) is 0.250. The molecule has 3 aromatic rings. The van der Waals surface area contributed by atoms with Crippen molar-refractivity contribution in [3.05, 3.63) is 96.1 Å². The van der Waals surface area contributed by atoms with E-state index in [9.17, 15) is 14.4 Å². The first kappa shape index (κ1) is 24.0. The van der Waals surface area contributed by atoms with Crippen molar-refractivity contribution in [1.29, 1.82) is 0 Å². The first-order valence-electron chi connectivity index (χ1n) is 11.8. The standard InChI is InChI=1S/C28H29N3O4/c1-2-3-18-28(22-12-8-5-9-13-22)26(33)31(27(34)30-28)19-25(32)29-23-14-16-24(17-15-23)35-20-21-10-6-4-7-11-21/h4-17H,2-3,18-20H2,1H3,(H,29,32)(H,30,34). The summed E-state index contributed by atoms with van der Waals surface area (Å²) < 4.78 is 5.77. The minimum atomic E-state index is -1.15. The lowest BCUT2D eigenvalue weighted by Gasteiger charge is -2.27. The summed E-state index contributed by atoms with van der Waals surface area (Å²) in [4.78, 5) is 39.9. The van der Waals surface area contributed by atoms with Crippen LogP contribution < -0.4 is 15.4 Å². The molecule has 180 valence electrons. The molecule has 0 bridgehead atoms.